The molecule has 0 spiro atoms. The number of nitrogens with two attached hydrogens (primary N) is 1. The number of aromatic nitrogens is 2. The van der Waals surface area contributed by atoms with E-state index in [1.54, 1.807) is 0 Å². The van der Waals surface area contributed by atoms with E-state index in [9.17, 15) is 0 Å². The molecule has 0 radical (unpaired) electrons. The number of nitrogens with zero attached hydrogens (tertiary/aromatic N) is 2. The first-order valence-corrected chi connectivity index (χ1v) is 6.89. The van der Waals surface area contributed by atoms with Gasteiger partial charge in [0.05, 0.1) is 6.54 Å². The van der Waals surface area contributed by atoms with E-state index < -0.39 is 0 Å². The van der Waals surface area contributed by atoms with Gasteiger partial charge in [0.1, 0.15) is 0 Å². The summed E-state index contributed by atoms with van der Waals surface area (Å²) in [7, 11) is 0. The maximum absolute atomic E-state index is 6.25. The van der Waals surface area contributed by atoms with Gasteiger partial charge in [0.25, 0.3) is 0 Å². The third-order valence-electron chi connectivity index (χ3n) is 3.35. The highest BCUT2D eigenvalue weighted by molar-refractivity contribution is 5.25. The van der Waals surface area contributed by atoms with Gasteiger partial charge < -0.3 is 5.73 Å². The van der Waals surface area contributed by atoms with Gasteiger partial charge in [-0.15, -0.1) is 0 Å². The highest BCUT2D eigenvalue weighted by atomic mass is 15.3. The predicted octanol–water partition coefficient (Wildman–Crippen LogP) is 3.09. The maximum Gasteiger partial charge on any atom is 0.0605 e. The standard InChI is InChI=1S/C16H23N3/c1-12(2)10-14-4-6-15(7-5-14)16(17)11-19-13(3)8-9-18-19/h4-9,12,16H,10-11,17H2,1-3H3. The molecular formula is C16H23N3. The Morgan fingerprint density at radius 1 is 1.16 bits per heavy atom. The molecule has 0 fully saturated rings. The quantitative estimate of drug-likeness (QED) is 0.894. The summed E-state index contributed by atoms with van der Waals surface area (Å²) in [6, 6.07) is 10.6. The molecule has 2 N–H and O–H groups in total. The molecule has 1 heterocycles. The number of aryl methyl sites for hydroxylation is 1. The van der Waals surface area contributed by atoms with Crippen molar-refractivity contribution in [2.24, 2.45) is 11.7 Å². The minimum absolute atomic E-state index is 0.00769. The second-order valence-electron chi connectivity index (χ2n) is 5.60. The van der Waals surface area contributed by atoms with Gasteiger partial charge in [-0.05, 0) is 36.5 Å². The van der Waals surface area contributed by atoms with Crippen LogP contribution in [0.3, 0.4) is 0 Å². The van der Waals surface area contributed by atoms with Crippen LogP contribution in [0, 0.1) is 12.8 Å². The number of hydrogen-bond acceptors (Lipinski definition) is 2. The normalized spacial score (nSPS) is 12.9. The summed E-state index contributed by atoms with van der Waals surface area (Å²) in [5.41, 5.74) is 9.94. The molecule has 0 amide bonds. The number of rotatable bonds is 5. The van der Waals surface area contributed by atoms with Gasteiger partial charge in [-0.1, -0.05) is 38.1 Å². The molecule has 3 heteroatoms. The lowest BCUT2D eigenvalue weighted by molar-refractivity contribution is 0.517. The molecular weight excluding hydrogens is 234 g/mol. The topological polar surface area (TPSA) is 43.8 Å². The van der Waals surface area contributed by atoms with Crippen LogP contribution in [0.25, 0.3) is 0 Å². The van der Waals surface area contributed by atoms with Crippen LogP contribution in [0.2, 0.25) is 0 Å². The molecule has 102 valence electrons. The van der Waals surface area contributed by atoms with Crippen LogP contribution in [-0.4, -0.2) is 9.78 Å². The Morgan fingerprint density at radius 2 is 1.84 bits per heavy atom. The Balaban J connectivity index is 2.03. The van der Waals surface area contributed by atoms with Gasteiger partial charge >= 0.3 is 0 Å². The maximum atomic E-state index is 6.25. The largest absolute Gasteiger partial charge is 0.322 e. The van der Waals surface area contributed by atoms with E-state index >= 15 is 0 Å². The Labute approximate surface area is 115 Å². The molecule has 1 aromatic heterocycles. The lowest BCUT2D eigenvalue weighted by Crippen LogP contribution is -2.19. The fraction of sp³-hybridized carbons (Fsp3) is 0.438. The third kappa shape index (κ3) is 3.67. The van der Waals surface area contributed by atoms with Gasteiger partial charge in [0, 0.05) is 17.9 Å². The first kappa shape index (κ1) is 13.8. The first-order chi connectivity index (χ1) is 9.06. The number of hydrogen-bond donors (Lipinski definition) is 1. The van der Waals surface area contributed by atoms with Crippen molar-refractivity contribution in [3.63, 3.8) is 0 Å². The number of benzene rings is 1. The molecule has 3 nitrogen and oxygen atoms in total. The van der Waals surface area contributed by atoms with Crippen LogP contribution in [-0.2, 0) is 13.0 Å². The van der Waals surface area contributed by atoms with E-state index in [1.165, 1.54) is 11.1 Å². The van der Waals surface area contributed by atoms with Crippen LogP contribution < -0.4 is 5.73 Å². The average Bonchev–Trinajstić information content (AvgIpc) is 2.75. The average molecular weight is 257 g/mol. The van der Waals surface area contributed by atoms with Gasteiger partial charge in [-0.2, -0.15) is 5.10 Å². The van der Waals surface area contributed by atoms with Crippen molar-refractivity contribution in [3.8, 4) is 0 Å². The predicted molar refractivity (Wildman–Crippen MR) is 78.9 cm³/mol. The fourth-order valence-corrected chi connectivity index (χ4v) is 2.25. The summed E-state index contributed by atoms with van der Waals surface area (Å²) in [6.45, 7) is 7.24. The lowest BCUT2D eigenvalue weighted by atomic mass is 9.99. The Bertz CT molecular complexity index is 511. The van der Waals surface area contributed by atoms with E-state index in [0.717, 1.165) is 18.7 Å². The van der Waals surface area contributed by atoms with Crippen molar-refractivity contribution in [1.29, 1.82) is 0 Å². The SMILES string of the molecule is Cc1ccnn1CC(N)c1ccc(CC(C)C)cc1. The van der Waals surface area contributed by atoms with E-state index in [1.807, 2.05) is 23.9 Å². The molecule has 0 aliphatic carbocycles. The van der Waals surface area contributed by atoms with E-state index in [2.05, 4.69) is 43.2 Å². The molecule has 0 saturated carbocycles. The monoisotopic (exact) mass is 257 g/mol. The van der Waals surface area contributed by atoms with Crippen molar-refractivity contribution >= 4 is 0 Å². The zero-order valence-electron chi connectivity index (χ0n) is 12.0. The Hall–Kier alpha value is -1.61. The van der Waals surface area contributed by atoms with Crippen molar-refractivity contribution in [2.45, 2.75) is 39.8 Å². The first-order valence-electron chi connectivity index (χ1n) is 6.89. The van der Waals surface area contributed by atoms with E-state index in [-0.39, 0.29) is 6.04 Å². The fourth-order valence-electron chi connectivity index (χ4n) is 2.25. The molecule has 1 unspecified atom stereocenters. The summed E-state index contributed by atoms with van der Waals surface area (Å²) >= 11 is 0. The minimum atomic E-state index is -0.00769. The van der Waals surface area contributed by atoms with Crippen LogP contribution in [0.15, 0.2) is 36.5 Å². The summed E-state index contributed by atoms with van der Waals surface area (Å²) in [5.74, 6) is 0.686. The Morgan fingerprint density at radius 3 is 2.37 bits per heavy atom. The molecule has 0 aliphatic heterocycles. The zero-order chi connectivity index (χ0) is 13.8. The van der Waals surface area contributed by atoms with Gasteiger partial charge in [0.15, 0.2) is 0 Å². The molecule has 0 saturated heterocycles. The van der Waals surface area contributed by atoms with Crippen molar-refractivity contribution in [1.82, 2.24) is 9.78 Å². The summed E-state index contributed by atoms with van der Waals surface area (Å²) in [6.07, 6.45) is 2.93. The van der Waals surface area contributed by atoms with Crippen molar-refractivity contribution < 1.29 is 0 Å². The molecule has 2 rings (SSSR count). The van der Waals surface area contributed by atoms with E-state index in [0.29, 0.717) is 5.92 Å². The highest BCUT2D eigenvalue weighted by Gasteiger charge is 2.08. The summed E-state index contributed by atoms with van der Waals surface area (Å²) < 4.78 is 1.95. The molecule has 2 aromatic rings. The van der Waals surface area contributed by atoms with E-state index in [4.69, 9.17) is 5.73 Å². The Kier molecular flexibility index (Phi) is 4.38. The molecule has 1 atom stereocenters. The molecule has 0 aliphatic rings. The smallest absolute Gasteiger partial charge is 0.0605 e. The zero-order valence-corrected chi connectivity index (χ0v) is 12.0. The minimum Gasteiger partial charge on any atom is -0.322 e. The highest BCUT2D eigenvalue weighted by Crippen LogP contribution is 2.16. The van der Waals surface area contributed by atoms with Gasteiger partial charge in [-0.25, -0.2) is 0 Å². The second kappa shape index (κ2) is 6.02. The van der Waals surface area contributed by atoms with Crippen LogP contribution in [0.4, 0.5) is 0 Å². The van der Waals surface area contributed by atoms with Crippen LogP contribution in [0.1, 0.15) is 36.7 Å². The third-order valence-corrected chi connectivity index (χ3v) is 3.35. The lowest BCUT2D eigenvalue weighted by Gasteiger charge is -2.14. The summed E-state index contributed by atoms with van der Waals surface area (Å²) in [4.78, 5) is 0. The van der Waals surface area contributed by atoms with Gasteiger partial charge in [-0.3, -0.25) is 4.68 Å². The van der Waals surface area contributed by atoms with Crippen LogP contribution in [0.5, 0.6) is 0 Å². The molecule has 1 aromatic carbocycles. The van der Waals surface area contributed by atoms with Crippen LogP contribution >= 0.6 is 0 Å². The second-order valence-corrected chi connectivity index (χ2v) is 5.60. The molecule has 0 bridgehead atoms. The van der Waals surface area contributed by atoms with Crippen molar-refractivity contribution in [2.75, 3.05) is 0 Å². The van der Waals surface area contributed by atoms with Crippen molar-refractivity contribution in [3.05, 3.63) is 53.3 Å². The van der Waals surface area contributed by atoms with Gasteiger partial charge in [0.2, 0.25) is 0 Å². The molecule has 19 heavy (non-hydrogen) atoms. The summed E-state index contributed by atoms with van der Waals surface area (Å²) in [5, 5.41) is 4.27.